The molecule has 0 spiro atoms. The van der Waals surface area contributed by atoms with Gasteiger partial charge in [0.05, 0.1) is 6.54 Å². The number of hydrogen-bond acceptors (Lipinski definition) is 2. The van der Waals surface area contributed by atoms with E-state index in [9.17, 15) is 8.78 Å². The first-order valence-corrected chi connectivity index (χ1v) is 5.70. The summed E-state index contributed by atoms with van der Waals surface area (Å²) in [6.45, 7) is 1.29. The van der Waals surface area contributed by atoms with Crippen LogP contribution in [-0.2, 0) is 20.1 Å². The van der Waals surface area contributed by atoms with Gasteiger partial charge in [-0.3, -0.25) is 0 Å². The van der Waals surface area contributed by atoms with Crippen LogP contribution >= 0.6 is 0 Å². The van der Waals surface area contributed by atoms with Crippen LogP contribution in [0.4, 0.5) is 8.78 Å². The van der Waals surface area contributed by atoms with Crippen LogP contribution in [0.15, 0.2) is 36.7 Å². The fourth-order valence-corrected chi connectivity index (χ4v) is 1.67. The standard InChI is InChI=1S/C13H15F2N3/c1-18-7-6-17-12(18)9-16-8-10-2-4-11(5-3-10)13(14)15/h2-7,13,16H,8-9H2,1H3. The molecule has 1 aromatic heterocycles. The van der Waals surface area contributed by atoms with Gasteiger partial charge in [-0.2, -0.15) is 0 Å². The predicted octanol–water partition coefficient (Wildman–Crippen LogP) is 2.65. The molecule has 1 N–H and O–H groups in total. The Balaban J connectivity index is 1.85. The van der Waals surface area contributed by atoms with Crippen molar-refractivity contribution in [2.45, 2.75) is 19.5 Å². The van der Waals surface area contributed by atoms with Gasteiger partial charge in [0, 0.05) is 31.5 Å². The molecular weight excluding hydrogens is 236 g/mol. The Morgan fingerprint density at radius 2 is 1.94 bits per heavy atom. The molecular formula is C13H15F2N3. The van der Waals surface area contributed by atoms with E-state index in [0.717, 1.165) is 11.4 Å². The maximum atomic E-state index is 12.4. The van der Waals surface area contributed by atoms with Crippen LogP contribution in [0.2, 0.25) is 0 Å². The van der Waals surface area contributed by atoms with Crippen LogP contribution in [0.3, 0.4) is 0 Å². The molecule has 3 nitrogen and oxygen atoms in total. The number of alkyl halides is 2. The molecule has 0 aliphatic carbocycles. The molecule has 1 aromatic carbocycles. The van der Waals surface area contributed by atoms with E-state index in [1.807, 2.05) is 17.8 Å². The molecule has 0 radical (unpaired) electrons. The summed E-state index contributed by atoms with van der Waals surface area (Å²) in [6.07, 6.45) is 1.22. The molecule has 0 saturated carbocycles. The first kappa shape index (κ1) is 12.7. The molecule has 2 aromatic rings. The van der Waals surface area contributed by atoms with Crippen molar-refractivity contribution in [2.75, 3.05) is 0 Å². The summed E-state index contributed by atoms with van der Waals surface area (Å²) in [4.78, 5) is 4.19. The smallest absolute Gasteiger partial charge is 0.263 e. The average molecular weight is 251 g/mol. The van der Waals surface area contributed by atoms with Gasteiger partial charge in [0.25, 0.3) is 6.43 Å². The van der Waals surface area contributed by atoms with Gasteiger partial charge in [0.1, 0.15) is 5.82 Å². The fraction of sp³-hybridized carbons (Fsp3) is 0.308. The molecule has 96 valence electrons. The van der Waals surface area contributed by atoms with Gasteiger partial charge in [0.15, 0.2) is 0 Å². The molecule has 0 unspecified atom stereocenters. The van der Waals surface area contributed by atoms with Crippen molar-refractivity contribution in [3.05, 3.63) is 53.6 Å². The Labute approximate surface area is 104 Å². The van der Waals surface area contributed by atoms with Crippen LogP contribution in [-0.4, -0.2) is 9.55 Å². The van der Waals surface area contributed by atoms with E-state index in [1.165, 1.54) is 12.1 Å². The summed E-state index contributed by atoms with van der Waals surface area (Å²) < 4.78 is 26.6. The quantitative estimate of drug-likeness (QED) is 0.885. The number of nitrogens with one attached hydrogen (secondary N) is 1. The molecule has 18 heavy (non-hydrogen) atoms. The van der Waals surface area contributed by atoms with E-state index < -0.39 is 6.43 Å². The lowest BCUT2D eigenvalue weighted by Crippen LogP contribution is -2.15. The summed E-state index contributed by atoms with van der Waals surface area (Å²) in [7, 11) is 1.93. The highest BCUT2D eigenvalue weighted by atomic mass is 19.3. The van der Waals surface area contributed by atoms with Crippen molar-refractivity contribution in [3.63, 3.8) is 0 Å². The normalized spacial score (nSPS) is 11.1. The summed E-state index contributed by atoms with van der Waals surface area (Å²) in [5, 5.41) is 3.22. The van der Waals surface area contributed by atoms with Gasteiger partial charge in [0.2, 0.25) is 0 Å². The van der Waals surface area contributed by atoms with E-state index in [4.69, 9.17) is 0 Å². The van der Waals surface area contributed by atoms with Gasteiger partial charge in [-0.15, -0.1) is 0 Å². The third-order valence-electron chi connectivity index (χ3n) is 2.76. The monoisotopic (exact) mass is 251 g/mol. The molecule has 1 heterocycles. The van der Waals surface area contributed by atoms with E-state index in [2.05, 4.69) is 10.3 Å². The number of nitrogens with zero attached hydrogens (tertiary/aromatic N) is 2. The zero-order chi connectivity index (χ0) is 13.0. The van der Waals surface area contributed by atoms with Gasteiger partial charge in [-0.05, 0) is 5.56 Å². The Morgan fingerprint density at radius 1 is 1.22 bits per heavy atom. The van der Waals surface area contributed by atoms with E-state index in [-0.39, 0.29) is 5.56 Å². The largest absolute Gasteiger partial charge is 0.337 e. The first-order chi connectivity index (χ1) is 8.66. The maximum Gasteiger partial charge on any atom is 0.263 e. The van der Waals surface area contributed by atoms with Crippen LogP contribution in [0.1, 0.15) is 23.4 Å². The van der Waals surface area contributed by atoms with Crippen molar-refractivity contribution in [2.24, 2.45) is 7.05 Å². The van der Waals surface area contributed by atoms with Crippen LogP contribution in [0.5, 0.6) is 0 Å². The van der Waals surface area contributed by atoms with Crippen LogP contribution < -0.4 is 5.32 Å². The summed E-state index contributed by atoms with van der Waals surface area (Å²) in [5.74, 6) is 0.944. The van der Waals surface area contributed by atoms with Gasteiger partial charge < -0.3 is 9.88 Å². The topological polar surface area (TPSA) is 29.9 Å². The third kappa shape index (κ3) is 3.13. The second-order valence-electron chi connectivity index (χ2n) is 4.10. The number of aromatic nitrogens is 2. The molecule has 0 aliphatic heterocycles. The van der Waals surface area contributed by atoms with Gasteiger partial charge >= 0.3 is 0 Å². The second kappa shape index (κ2) is 5.73. The molecule has 0 atom stereocenters. The van der Waals surface area contributed by atoms with Gasteiger partial charge in [-0.1, -0.05) is 24.3 Å². The summed E-state index contributed by atoms with van der Waals surface area (Å²) in [5.41, 5.74) is 1.04. The van der Waals surface area contributed by atoms with E-state index >= 15 is 0 Å². The Kier molecular flexibility index (Phi) is 4.04. The minimum Gasteiger partial charge on any atom is -0.337 e. The average Bonchev–Trinajstić information content (AvgIpc) is 2.76. The molecule has 0 aliphatic rings. The maximum absolute atomic E-state index is 12.4. The van der Waals surface area contributed by atoms with Crippen LogP contribution in [0, 0.1) is 0 Å². The lowest BCUT2D eigenvalue weighted by Gasteiger charge is -2.06. The molecule has 5 heteroatoms. The molecule has 0 bridgehead atoms. The van der Waals surface area contributed by atoms with Crippen molar-refractivity contribution < 1.29 is 8.78 Å². The number of rotatable bonds is 5. The zero-order valence-corrected chi connectivity index (χ0v) is 10.1. The minimum absolute atomic E-state index is 0.0582. The van der Waals surface area contributed by atoms with E-state index in [1.54, 1.807) is 18.3 Å². The van der Waals surface area contributed by atoms with Crippen molar-refractivity contribution in [3.8, 4) is 0 Å². The fourth-order valence-electron chi connectivity index (χ4n) is 1.67. The highest BCUT2D eigenvalue weighted by Crippen LogP contribution is 2.18. The lowest BCUT2D eigenvalue weighted by molar-refractivity contribution is 0.151. The zero-order valence-electron chi connectivity index (χ0n) is 10.1. The highest BCUT2D eigenvalue weighted by Gasteiger charge is 2.05. The number of imidazole rings is 1. The van der Waals surface area contributed by atoms with Crippen molar-refractivity contribution in [1.82, 2.24) is 14.9 Å². The molecule has 2 rings (SSSR count). The Bertz CT molecular complexity index is 491. The Morgan fingerprint density at radius 3 is 2.50 bits per heavy atom. The van der Waals surface area contributed by atoms with E-state index in [0.29, 0.717) is 13.1 Å². The number of hydrogen-bond donors (Lipinski definition) is 1. The van der Waals surface area contributed by atoms with Gasteiger partial charge in [-0.25, -0.2) is 13.8 Å². The lowest BCUT2D eigenvalue weighted by atomic mass is 10.1. The summed E-state index contributed by atoms with van der Waals surface area (Å²) >= 11 is 0. The minimum atomic E-state index is -2.40. The molecule has 0 fully saturated rings. The SMILES string of the molecule is Cn1ccnc1CNCc1ccc(C(F)F)cc1. The second-order valence-corrected chi connectivity index (χ2v) is 4.10. The van der Waals surface area contributed by atoms with Crippen molar-refractivity contribution >= 4 is 0 Å². The first-order valence-electron chi connectivity index (χ1n) is 5.70. The number of aryl methyl sites for hydroxylation is 1. The van der Waals surface area contributed by atoms with Crippen LogP contribution in [0.25, 0.3) is 0 Å². The van der Waals surface area contributed by atoms with Crippen molar-refractivity contribution in [1.29, 1.82) is 0 Å². The summed E-state index contributed by atoms with van der Waals surface area (Å²) in [6, 6.07) is 6.35. The third-order valence-corrected chi connectivity index (χ3v) is 2.76. The number of halogens is 2. The predicted molar refractivity (Wildman–Crippen MR) is 65.2 cm³/mol. The molecule has 0 saturated heterocycles. The Hall–Kier alpha value is -1.75. The number of benzene rings is 1. The molecule has 0 amide bonds. The highest BCUT2D eigenvalue weighted by molar-refractivity contribution is 5.23.